The van der Waals surface area contributed by atoms with Crippen LogP contribution in [-0.2, 0) is 4.84 Å². The molecule has 0 aliphatic carbocycles. The first-order valence-corrected chi connectivity index (χ1v) is 7.83. The topological polar surface area (TPSA) is 84.4 Å². The van der Waals surface area contributed by atoms with Crippen LogP contribution in [0.15, 0.2) is 73.1 Å². The van der Waals surface area contributed by atoms with Crippen LogP contribution in [0, 0.1) is 0 Å². The highest BCUT2D eigenvalue weighted by Crippen LogP contribution is 2.13. The van der Waals surface area contributed by atoms with Gasteiger partial charge in [-0.2, -0.15) is 0 Å². The van der Waals surface area contributed by atoms with E-state index >= 15 is 0 Å². The summed E-state index contributed by atoms with van der Waals surface area (Å²) in [4.78, 5) is 37.5. The number of nitrogens with one attached hydrogen (secondary N) is 1. The van der Waals surface area contributed by atoms with Crippen LogP contribution in [0.25, 0.3) is 11.4 Å². The van der Waals surface area contributed by atoms with Gasteiger partial charge in [-0.25, -0.2) is 14.8 Å². The quantitative estimate of drug-likeness (QED) is 0.713. The van der Waals surface area contributed by atoms with E-state index in [0.717, 1.165) is 10.7 Å². The number of carbonyl (C=O) groups is 2. The number of hydroxylamine groups is 1. The minimum Gasteiger partial charge on any atom is -0.344 e. The van der Waals surface area contributed by atoms with Crippen molar-refractivity contribution >= 4 is 11.9 Å². The molecule has 7 heteroatoms. The maximum absolute atomic E-state index is 12.1. The molecule has 0 fully saturated rings. The Morgan fingerprint density at radius 1 is 0.885 bits per heavy atom. The Balaban J connectivity index is 1.60. The first kappa shape index (κ1) is 17.2. The third kappa shape index (κ3) is 4.28. The lowest BCUT2D eigenvalue weighted by Crippen LogP contribution is -2.40. The number of amides is 1. The molecule has 7 nitrogen and oxygen atoms in total. The van der Waals surface area contributed by atoms with Crippen LogP contribution >= 0.6 is 0 Å². The summed E-state index contributed by atoms with van der Waals surface area (Å²) in [6.07, 6.45) is 2.76. The normalized spacial score (nSPS) is 10.4. The fraction of sp³-hybridized carbons (Fsp3) is 0.0526. The highest BCUT2D eigenvalue weighted by molar-refractivity contribution is 5.94. The molecule has 1 amide bonds. The molecule has 1 heterocycles. The average molecular weight is 348 g/mol. The van der Waals surface area contributed by atoms with Crippen molar-refractivity contribution in [3.8, 4) is 11.4 Å². The van der Waals surface area contributed by atoms with E-state index in [1.807, 2.05) is 30.3 Å². The van der Waals surface area contributed by atoms with E-state index in [2.05, 4.69) is 15.4 Å². The molecule has 0 bridgehead atoms. The predicted molar refractivity (Wildman–Crippen MR) is 94.6 cm³/mol. The van der Waals surface area contributed by atoms with Gasteiger partial charge in [-0.05, 0) is 12.1 Å². The molecule has 26 heavy (non-hydrogen) atoms. The molecular weight excluding hydrogens is 332 g/mol. The number of carbonyl (C=O) groups excluding carboxylic acids is 2. The zero-order valence-electron chi connectivity index (χ0n) is 14.0. The average Bonchev–Trinajstić information content (AvgIpc) is 2.69. The van der Waals surface area contributed by atoms with Crippen LogP contribution in [0.3, 0.4) is 0 Å². The largest absolute Gasteiger partial charge is 0.361 e. The maximum atomic E-state index is 12.1. The Labute approximate surface area is 150 Å². The first-order chi connectivity index (χ1) is 12.6. The summed E-state index contributed by atoms with van der Waals surface area (Å²) in [6, 6.07) is 18.0. The summed E-state index contributed by atoms with van der Waals surface area (Å²) < 4.78 is 0. The molecule has 2 aromatic carbocycles. The minimum absolute atomic E-state index is 0.172. The number of hydrazine groups is 1. The van der Waals surface area contributed by atoms with Gasteiger partial charge in [0, 0.05) is 30.6 Å². The van der Waals surface area contributed by atoms with Crippen LogP contribution in [0.1, 0.15) is 20.7 Å². The number of nitrogens with zero attached hydrogens (tertiary/aromatic N) is 3. The van der Waals surface area contributed by atoms with Crippen molar-refractivity contribution in [3.63, 3.8) is 0 Å². The van der Waals surface area contributed by atoms with Crippen LogP contribution in [0.5, 0.6) is 0 Å². The van der Waals surface area contributed by atoms with Gasteiger partial charge in [-0.1, -0.05) is 53.7 Å². The zero-order valence-corrected chi connectivity index (χ0v) is 14.0. The van der Waals surface area contributed by atoms with Crippen LogP contribution < -0.4 is 5.43 Å². The Morgan fingerprint density at radius 3 is 2.08 bits per heavy atom. The molecule has 0 atom stereocenters. The second-order valence-electron chi connectivity index (χ2n) is 5.34. The fourth-order valence-electron chi connectivity index (χ4n) is 2.17. The van der Waals surface area contributed by atoms with E-state index in [1.54, 1.807) is 30.3 Å². The second-order valence-corrected chi connectivity index (χ2v) is 5.34. The lowest BCUT2D eigenvalue weighted by Gasteiger charge is -2.16. The molecule has 3 rings (SSSR count). The highest BCUT2D eigenvalue weighted by Gasteiger charge is 2.15. The summed E-state index contributed by atoms with van der Waals surface area (Å²) in [5, 5.41) is 0.947. The minimum atomic E-state index is -0.680. The third-order valence-corrected chi connectivity index (χ3v) is 3.43. The van der Waals surface area contributed by atoms with Crippen LogP contribution in [0.4, 0.5) is 0 Å². The standard InChI is InChI=1S/C19H16N4O3/c1-23(22-18(24)15-10-6-3-7-11-15)26-19(25)16-12-20-17(21-13-16)14-8-4-2-5-9-14/h2-13H,1H3,(H,22,24). The molecule has 0 aliphatic rings. The number of hydrogen-bond acceptors (Lipinski definition) is 6. The Hall–Kier alpha value is -3.58. The number of benzene rings is 2. The van der Waals surface area contributed by atoms with Gasteiger partial charge in [-0.15, -0.1) is 0 Å². The molecule has 0 spiro atoms. The summed E-state index contributed by atoms with van der Waals surface area (Å²) in [5.41, 5.74) is 3.91. The Morgan fingerprint density at radius 2 is 1.46 bits per heavy atom. The van der Waals surface area contributed by atoms with Gasteiger partial charge in [0.05, 0.1) is 5.56 Å². The molecule has 0 radical (unpaired) electrons. The van der Waals surface area contributed by atoms with Gasteiger partial charge in [0.15, 0.2) is 5.82 Å². The number of rotatable bonds is 5. The molecule has 0 unspecified atom stereocenters. The van der Waals surface area contributed by atoms with Crippen molar-refractivity contribution in [1.29, 1.82) is 0 Å². The third-order valence-electron chi connectivity index (χ3n) is 3.43. The molecule has 1 N–H and O–H groups in total. The predicted octanol–water partition coefficient (Wildman–Crippen LogP) is 2.49. The van der Waals surface area contributed by atoms with E-state index in [4.69, 9.17) is 4.84 Å². The Bertz CT molecular complexity index is 884. The van der Waals surface area contributed by atoms with Gasteiger partial charge in [-0.3, -0.25) is 10.2 Å². The highest BCUT2D eigenvalue weighted by atomic mass is 16.7. The van der Waals surface area contributed by atoms with Gasteiger partial charge < -0.3 is 4.84 Å². The molecule has 0 aliphatic heterocycles. The molecule has 3 aromatic rings. The molecule has 1 aromatic heterocycles. The summed E-state index contributed by atoms with van der Waals surface area (Å²) in [5.74, 6) is -0.565. The lowest BCUT2D eigenvalue weighted by molar-refractivity contribution is -0.117. The monoisotopic (exact) mass is 348 g/mol. The van der Waals surface area contributed by atoms with E-state index in [0.29, 0.717) is 11.4 Å². The van der Waals surface area contributed by atoms with Crippen molar-refractivity contribution in [2.45, 2.75) is 0 Å². The number of hydrogen-bond donors (Lipinski definition) is 1. The van der Waals surface area contributed by atoms with Crippen molar-refractivity contribution < 1.29 is 14.4 Å². The number of aromatic nitrogens is 2. The second kappa shape index (κ2) is 8.00. The van der Waals surface area contributed by atoms with Crippen LogP contribution in [-0.4, -0.2) is 34.1 Å². The van der Waals surface area contributed by atoms with E-state index in [-0.39, 0.29) is 5.56 Å². The van der Waals surface area contributed by atoms with Crippen molar-refractivity contribution in [3.05, 3.63) is 84.2 Å². The lowest BCUT2D eigenvalue weighted by atomic mass is 10.2. The van der Waals surface area contributed by atoms with Gasteiger partial charge in [0.2, 0.25) is 0 Å². The van der Waals surface area contributed by atoms with Crippen molar-refractivity contribution in [2.75, 3.05) is 7.05 Å². The molecule has 0 saturated carbocycles. The smallest absolute Gasteiger partial charge is 0.344 e. The first-order valence-electron chi connectivity index (χ1n) is 7.83. The van der Waals surface area contributed by atoms with Crippen molar-refractivity contribution in [1.82, 2.24) is 20.6 Å². The maximum Gasteiger partial charge on any atom is 0.361 e. The fourth-order valence-corrected chi connectivity index (χ4v) is 2.17. The summed E-state index contributed by atoms with van der Waals surface area (Å²) in [6.45, 7) is 0. The van der Waals surface area contributed by atoms with E-state index < -0.39 is 11.9 Å². The van der Waals surface area contributed by atoms with Crippen molar-refractivity contribution in [2.24, 2.45) is 0 Å². The Kier molecular flexibility index (Phi) is 5.31. The molecule has 0 saturated heterocycles. The summed E-state index contributed by atoms with van der Waals surface area (Å²) in [7, 11) is 1.41. The van der Waals surface area contributed by atoms with Gasteiger partial charge >= 0.3 is 5.97 Å². The van der Waals surface area contributed by atoms with Gasteiger partial charge in [0.1, 0.15) is 0 Å². The SMILES string of the molecule is CN(NC(=O)c1ccccc1)OC(=O)c1cnc(-c2ccccc2)nc1. The molecular formula is C19H16N4O3. The van der Waals surface area contributed by atoms with Gasteiger partial charge in [0.25, 0.3) is 5.91 Å². The molecule has 130 valence electrons. The van der Waals surface area contributed by atoms with E-state index in [1.165, 1.54) is 19.4 Å². The zero-order chi connectivity index (χ0) is 18.4. The van der Waals surface area contributed by atoms with Crippen LogP contribution in [0.2, 0.25) is 0 Å². The van der Waals surface area contributed by atoms with E-state index in [9.17, 15) is 9.59 Å². The summed E-state index contributed by atoms with van der Waals surface area (Å²) >= 11 is 0.